The van der Waals surface area contributed by atoms with E-state index in [1.165, 1.54) is 0 Å². The molecule has 1 amide bonds. The maximum Gasteiger partial charge on any atom is 0.254 e. The fourth-order valence-electron chi connectivity index (χ4n) is 2.61. The molecule has 0 spiro atoms. The molecule has 1 saturated heterocycles. The summed E-state index contributed by atoms with van der Waals surface area (Å²) in [7, 11) is 0. The second-order valence-electron chi connectivity index (χ2n) is 5.39. The lowest BCUT2D eigenvalue weighted by atomic mass is 10.1. The van der Waals surface area contributed by atoms with Crippen LogP contribution in [0.4, 0.5) is 0 Å². The molecule has 2 heterocycles. The third kappa shape index (κ3) is 3.14. The molecule has 0 aliphatic carbocycles. The first kappa shape index (κ1) is 15.0. The second kappa shape index (κ2) is 6.48. The number of rotatable bonds is 3. The van der Waals surface area contributed by atoms with Crippen molar-refractivity contribution in [3.63, 3.8) is 0 Å². The van der Waals surface area contributed by atoms with E-state index in [0.29, 0.717) is 19.0 Å². The number of nitrogens with zero attached hydrogens (tertiary/aromatic N) is 2. The van der Waals surface area contributed by atoms with E-state index in [1.54, 1.807) is 6.20 Å². The number of hydrogen-bond acceptors (Lipinski definition) is 3. The Kier molecular flexibility index (Phi) is 4.43. The van der Waals surface area contributed by atoms with Gasteiger partial charge in [-0.2, -0.15) is 0 Å². The lowest BCUT2D eigenvalue weighted by Crippen LogP contribution is -2.31. The molecule has 0 bridgehead atoms. The van der Waals surface area contributed by atoms with Gasteiger partial charge in [0.25, 0.3) is 5.91 Å². The largest absolute Gasteiger partial charge is 0.472 e. The third-order valence-electron chi connectivity index (χ3n) is 3.81. The maximum atomic E-state index is 12.6. The van der Waals surface area contributed by atoms with Crippen LogP contribution in [0.15, 0.2) is 47.1 Å². The zero-order valence-corrected chi connectivity index (χ0v) is 13.9. The SMILES string of the molecule is Cc1ccccc1C(=O)N1CCC(Oc2ncccc2Br)C1. The van der Waals surface area contributed by atoms with Crippen LogP contribution in [0.5, 0.6) is 5.88 Å². The van der Waals surface area contributed by atoms with Gasteiger partial charge in [0.15, 0.2) is 0 Å². The molecule has 1 atom stereocenters. The molecule has 1 aromatic heterocycles. The average molecular weight is 361 g/mol. The molecule has 2 aromatic rings. The zero-order chi connectivity index (χ0) is 15.5. The van der Waals surface area contributed by atoms with E-state index in [4.69, 9.17) is 4.74 Å². The normalized spacial score (nSPS) is 17.5. The van der Waals surface area contributed by atoms with Gasteiger partial charge in [0.1, 0.15) is 6.10 Å². The van der Waals surface area contributed by atoms with E-state index in [9.17, 15) is 4.79 Å². The Morgan fingerprint density at radius 3 is 2.91 bits per heavy atom. The van der Waals surface area contributed by atoms with Crippen molar-refractivity contribution < 1.29 is 9.53 Å². The van der Waals surface area contributed by atoms with Crippen LogP contribution in [0.25, 0.3) is 0 Å². The molecular formula is C17H17BrN2O2. The first-order valence-corrected chi connectivity index (χ1v) is 8.06. The third-order valence-corrected chi connectivity index (χ3v) is 4.41. The number of carbonyl (C=O) groups excluding carboxylic acids is 1. The van der Waals surface area contributed by atoms with Gasteiger partial charge in [-0.15, -0.1) is 0 Å². The summed E-state index contributed by atoms with van der Waals surface area (Å²) in [4.78, 5) is 18.6. The van der Waals surface area contributed by atoms with Crippen LogP contribution in [0, 0.1) is 6.92 Å². The van der Waals surface area contributed by atoms with Gasteiger partial charge >= 0.3 is 0 Å². The van der Waals surface area contributed by atoms with Gasteiger partial charge in [0.2, 0.25) is 5.88 Å². The minimum Gasteiger partial charge on any atom is -0.472 e. The van der Waals surface area contributed by atoms with Crippen molar-refractivity contribution in [1.82, 2.24) is 9.88 Å². The maximum absolute atomic E-state index is 12.6. The molecule has 1 unspecified atom stereocenters. The molecule has 0 N–H and O–H groups in total. The van der Waals surface area contributed by atoms with Crippen LogP contribution in [0.2, 0.25) is 0 Å². The Bertz CT molecular complexity index is 690. The van der Waals surface area contributed by atoms with E-state index in [0.717, 1.165) is 22.0 Å². The number of aromatic nitrogens is 1. The molecule has 0 radical (unpaired) electrons. The summed E-state index contributed by atoms with van der Waals surface area (Å²) in [6.07, 6.45) is 2.51. The molecule has 1 aromatic carbocycles. The van der Waals surface area contributed by atoms with Crippen molar-refractivity contribution >= 4 is 21.8 Å². The standard InChI is InChI=1S/C17H17BrN2O2/c1-12-5-2-3-6-14(12)17(21)20-10-8-13(11-20)22-16-15(18)7-4-9-19-16/h2-7,9,13H,8,10-11H2,1H3. The van der Waals surface area contributed by atoms with E-state index in [1.807, 2.05) is 48.2 Å². The summed E-state index contributed by atoms with van der Waals surface area (Å²) in [6.45, 7) is 3.26. The Morgan fingerprint density at radius 1 is 1.32 bits per heavy atom. The molecule has 22 heavy (non-hydrogen) atoms. The quantitative estimate of drug-likeness (QED) is 0.841. The van der Waals surface area contributed by atoms with Crippen LogP contribution in [0.3, 0.4) is 0 Å². The van der Waals surface area contributed by atoms with Crippen LogP contribution < -0.4 is 4.74 Å². The zero-order valence-electron chi connectivity index (χ0n) is 12.3. The highest BCUT2D eigenvalue weighted by molar-refractivity contribution is 9.10. The highest BCUT2D eigenvalue weighted by atomic mass is 79.9. The Balaban J connectivity index is 1.66. The van der Waals surface area contributed by atoms with Crippen LogP contribution in [-0.2, 0) is 0 Å². The summed E-state index contributed by atoms with van der Waals surface area (Å²) in [5, 5.41) is 0. The fourth-order valence-corrected chi connectivity index (χ4v) is 2.96. The molecule has 1 aliphatic heterocycles. The van der Waals surface area contributed by atoms with Crippen molar-refractivity contribution in [2.24, 2.45) is 0 Å². The van der Waals surface area contributed by atoms with Gasteiger partial charge in [-0.25, -0.2) is 4.98 Å². The molecule has 114 valence electrons. The lowest BCUT2D eigenvalue weighted by molar-refractivity contribution is 0.0770. The van der Waals surface area contributed by atoms with Gasteiger partial charge in [0, 0.05) is 24.7 Å². The van der Waals surface area contributed by atoms with E-state index in [2.05, 4.69) is 20.9 Å². The van der Waals surface area contributed by atoms with E-state index >= 15 is 0 Å². The number of likely N-dealkylation sites (tertiary alicyclic amines) is 1. The van der Waals surface area contributed by atoms with Gasteiger partial charge in [-0.1, -0.05) is 18.2 Å². The first-order valence-electron chi connectivity index (χ1n) is 7.27. The molecule has 0 saturated carbocycles. The Morgan fingerprint density at radius 2 is 2.14 bits per heavy atom. The minimum absolute atomic E-state index is 0.0147. The van der Waals surface area contributed by atoms with Crippen molar-refractivity contribution in [3.05, 3.63) is 58.2 Å². The Hall–Kier alpha value is -1.88. The minimum atomic E-state index is -0.0147. The summed E-state index contributed by atoms with van der Waals surface area (Å²) < 4.78 is 6.73. The van der Waals surface area contributed by atoms with Crippen LogP contribution >= 0.6 is 15.9 Å². The van der Waals surface area contributed by atoms with Crippen LogP contribution in [0.1, 0.15) is 22.3 Å². The fraction of sp³-hybridized carbons (Fsp3) is 0.294. The van der Waals surface area contributed by atoms with Gasteiger partial charge in [-0.05, 0) is 46.6 Å². The number of carbonyl (C=O) groups is 1. The molecule has 1 aliphatic rings. The first-order chi connectivity index (χ1) is 10.6. The van der Waals surface area contributed by atoms with E-state index < -0.39 is 0 Å². The number of aryl methyl sites for hydroxylation is 1. The number of pyridine rings is 1. The van der Waals surface area contributed by atoms with Crippen LogP contribution in [-0.4, -0.2) is 35.0 Å². The highest BCUT2D eigenvalue weighted by Gasteiger charge is 2.29. The number of halogens is 1. The molecular weight excluding hydrogens is 344 g/mol. The predicted molar refractivity (Wildman–Crippen MR) is 88.1 cm³/mol. The molecule has 1 fully saturated rings. The number of hydrogen-bond donors (Lipinski definition) is 0. The lowest BCUT2D eigenvalue weighted by Gasteiger charge is -2.18. The van der Waals surface area contributed by atoms with Crippen molar-refractivity contribution in [2.45, 2.75) is 19.4 Å². The molecule has 5 heteroatoms. The number of amides is 1. The number of benzene rings is 1. The summed E-state index contributed by atoms with van der Waals surface area (Å²) in [5.74, 6) is 0.655. The predicted octanol–water partition coefficient (Wildman–Crippen LogP) is 3.45. The topological polar surface area (TPSA) is 42.4 Å². The highest BCUT2D eigenvalue weighted by Crippen LogP contribution is 2.25. The molecule has 3 rings (SSSR count). The Labute approximate surface area is 138 Å². The van der Waals surface area contributed by atoms with Gasteiger partial charge in [0.05, 0.1) is 11.0 Å². The smallest absolute Gasteiger partial charge is 0.254 e. The number of ether oxygens (including phenoxy) is 1. The average Bonchev–Trinajstić information content (AvgIpc) is 2.98. The second-order valence-corrected chi connectivity index (χ2v) is 6.24. The molecule has 4 nitrogen and oxygen atoms in total. The monoisotopic (exact) mass is 360 g/mol. The van der Waals surface area contributed by atoms with E-state index in [-0.39, 0.29) is 12.0 Å². The van der Waals surface area contributed by atoms with Gasteiger partial charge < -0.3 is 9.64 Å². The summed E-state index contributed by atoms with van der Waals surface area (Å²) in [5.41, 5.74) is 1.77. The summed E-state index contributed by atoms with van der Waals surface area (Å²) >= 11 is 3.43. The van der Waals surface area contributed by atoms with Crippen molar-refractivity contribution in [1.29, 1.82) is 0 Å². The van der Waals surface area contributed by atoms with Gasteiger partial charge in [-0.3, -0.25) is 4.79 Å². The van der Waals surface area contributed by atoms with Crippen molar-refractivity contribution in [2.75, 3.05) is 13.1 Å². The summed E-state index contributed by atoms with van der Waals surface area (Å²) in [6, 6.07) is 11.4. The van der Waals surface area contributed by atoms with Crippen molar-refractivity contribution in [3.8, 4) is 5.88 Å².